The molecule has 2 heteroatoms. The van der Waals surface area contributed by atoms with Gasteiger partial charge in [-0.25, -0.2) is 0 Å². The average Bonchev–Trinajstić information content (AvgIpc) is 3.34. The topological polar surface area (TPSA) is 0 Å². The first-order valence-electron chi connectivity index (χ1n) is 11.8. The van der Waals surface area contributed by atoms with Crippen molar-refractivity contribution in [3.05, 3.63) is 106 Å². The van der Waals surface area contributed by atoms with Crippen LogP contribution in [0.4, 0.5) is 0 Å². The molecule has 0 saturated heterocycles. The fraction of sp³-hybridized carbons (Fsp3) is 0.200. The van der Waals surface area contributed by atoms with Crippen LogP contribution in [-0.2, 0) is 33.8 Å². The van der Waals surface area contributed by atoms with Crippen molar-refractivity contribution in [2.75, 3.05) is 0 Å². The van der Waals surface area contributed by atoms with Crippen molar-refractivity contribution in [2.24, 2.45) is 0 Å². The second-order valence-corrected chi connectivity index (χ2v) is 28.5. The Labute approximate surface area is 200 Å². The van der Waals surface area contributed by atoms with Crippen molar-refractivity contribution in [3.8, 4) is 22.3 Å². The van der Waals surface area contributed by atoms with Gasteiger partial charge in [-0.3, -0.25) is 0 Å². The van der Waals surface area contributed by atoms with E-state index < -0.39 is 26.8 Å². The average molecular weight is 509 g/mol. The Hall–Kier alpha value is -2.02. The standard InChI is InChI=1S/2C14H11.C2H7Si.Zr/c2*1-10-6-7-14-12(8-10)9-11-4-2-3-5-13(11)14;1-3-2;/h2*2-7H,9H2,1H3;3H,1-2H3;. The molecular weight excluding hydrogens is 480 g/mol. The second-order valence-electron chi connectivity index (χ2n) is 9.80. The summed E-state index contributed by atoms with van der Waals surface area (Å²) in [6.45, 7) is 10.1. The van der Waals surface area contributed by atoms with Gasteiger partial charge in [0.1, 0.15) is 0 Å². The maximum atomic E-state index is 2.64. The van der Waals surface area contributed by atoms with Crippen molar-refractivity contribution in [1.29, 1.82) is 0 Å². The van der Waals surface area contributed by atoms with E-state index in [0.717, 1.165) is 12.8 Å². The van der Waals surface area contributed by atoms with Gasteiger partial charge >= 0.3 is 202 Å². The molecule has 0 amide bonds. The third-order valence-corrected chi connectivity index (χ3v) is 26.7. The quantitative estimate of drug-likeness (QED) is 0.257. The second kappa shape index (κ2) is 7.79. The minimum atomic E-state index is -2.09. The van der Waals surface area contributed by atoms with Crippen molar-refractivity contribution < 1.29 is 20.9 Å². The summed E-state index contributed by atoms with van der Waals surface area (Å²) >= 11 is -2.09. The summed E-state index contributed by atoms with van der Waals surface area (Å²) in [4.78, 5) is 0. The van der Waals surface area contributed by atoms with Crippen LogP contribution in [0.25, 0.3) is 22.3 Å². The SMILES string of the molecule is Cc1ccc2c([c]1[Zr]([c]1c(C)ccc3c1Cc1ccccc1-3)[SiH](C)C)Cc1ccccc1-2. The summed E-state index contributed by atoms with van der Waals surface area (Å²) in [6.07, 6.45) is 2.25. The molecule has 0 radical (unpaired) electrons. The number of hydrogen-bond donors (Lipinski definition) is 0. The van der Waals surface area contributed by atoms with Gasteiger partial charge in [-0.05, 0) is 0 Å². The predicted octanol–water partition coefficient (Wildman–Crippen LogP) is 6.00. The molecule has 0 unspecified atom stereocenters. The molecule has 0 spiro atoms. The van der Waals surface area contributed by atoms with Gasteiger partial charge in [0.15, 0.2) is 0 Å². The molecule has 0 fully saturated rings. The van der Waals surface area contributed by atoms with Crippen molar-refractivity contribution in [2.45, 2.75) is 39.8 Å². The van der Waals surface area contributed by atoms with E-state index in [2.05, 4.69) is 99.7 Å². The molecule has 2 aliphatic rings. The molecule has 6 rings (SSSR count). The number of fused-ring (bicyclic) bond motifs is 6. The Morgan fingerprint density at radius 3 is 1.44 bits per heavy atom. The summed E-state index contributed by atoms with van der Waals surface area (Å²) in [7, 11) is 0. The summed E-state index contributed by atoms with van der Waals surface area (Å²) < 4.78 is 3.66. The molecule has 0 aromatic heterocycles. The molecule has 4 aromatic rings. The van der Waals surface area contributed by atoms with Crippen LogP contribution in [0.2, 0.25) is 13.1 Å². The van der Waals surface area contributed by atoms with Gasteiger partial charge in [0.05, 0.1) is 0 Å². The zero-order chi connectivity index (χ0) is 22.0. The summed E-state index contributed by atoms with van der Waals surface area (Å²) in [5.74, 6) is -0.863. The van der Waals surface area contributed by atoms with Crippen LogP contribution in [-0.4, -0.2) is 5.92 Å². The van der Waals surface area contributed by atoms with Crippen LogP contribution in [0.5, 0.6) is 0 Å². The molecule has 0 nitrogen and oxygen atoms in total. The predicted molar refractivity (Wildman–Crippen MR) is 137 cm³/mol. The molecule has 0 aliphatic heterocycles. The van der Waals surface area contributed by atoms with Gasteiger partial charge < -0.3 is 0 Å². The Balaban J connectivity index is 1.59. The first-order valence-corrected chi connectivity index (χ1v) is 21.4. The first-order chi connectivity index (χ1) is 15.5. The van der Waals surface area contributed by atoms with E-state index >= 15 is 0 Å². The van der Waals surface area contributed by atoms with Crippen molar-refractivity contribution in [3.63, 3.8) is 0 Å². The molecule has 157 valence electrons. The molecule has 0 atom stereocenters. The molecule has 2 aliphatic carbocycles. The fourth-order valence-electron chi connectivity index (χ4n) is 6.11. The number of aryl methyl sites for hydroxylation is 2. The van der Waals surface area contributed by atoms with Gasteiger partial charge in [0.2, 0.25) is 0 Å². The number of benzene rings is 4. The van der Waals surface area contributed by atoms with Crippen LogP contribution in [0.1, 0.15) is 33.4 Å². The van der Waals surface area contributed by atoms with Crippen LogP contribution in [0.3, 0.4) is 0 Å². The van der Waals surface area contributed by atoms with Crippen LogP contribution in [0.15, 0.2) is 72.8 Å². The maximum absolute atomic E-state index is 2.64. The third kappa shape index (κ3) is 3.03. The number of hydrogen-bond acceptors (Lipinski definition) is 0. The zero-order valence-corrected chi connectivity index (χ0v) is 23.0. The van der Waals surface area contributed by atoms with Gasteiger partial charge in [0, 0.05) is 0 Å². The van der Waals surface area contributed by atoms with E-state index in [1.54, 1.807) is 22.3 Å². The van der Waals surface area contributed by atoms with Gasteiger partial charge in [0.25, 0.3) is 0 Å². The monoisotopic (exact) mass is 507 g/mol. The zero-order valence-electron chi connectivity index (χ0n) is 19.4. The van der Waals surface area contributed by atoms with E-state index in [1.807, 2.05) is 6.54 Å². The van der Waals surface area contributed by atoms with Crippen molar-refractivity contribution >= 4 is 12.5 Å². The normalized spacial score (nSPS) is 13.0. The first kappa shape index (κ1) is 20.6. The van der Waals surface area contributed by atoms with Crippen LogP contribution >= 0.6 is 0 Å². The summed E-state index contributed by atoms with van der Waals surface area (Å²) in [6, 6.07) is 27.8. The van der Waals surface area contributed by atoms with E-state index in [9.17, 15) is 0 Å². The molecule has 4 aromatic carbocycles. The summed E-state index contributed by atoms with van der Waals surface area (Å²) in [5, 5.41) is 0. The molecule has 0 N–H and O–H groups in total. The molecule has 32 heavy (non-hydrogen) atoms. The Morgan fingerprint density at radius 1 is 0.562 bits per heavy atom. The van der Waals surface area contributed by atoms with Crippen molar-refractivity contribution in [1.82, 2.24) is 0 Å². The van der Waals surface area contributed by atoms with E-state index in [1.165, 1.54) is 33.4 Å². The van der Waals surface area contributed by atoms with Crippen LogP contribution < -0.4 is 6.54 Å². The van der Waals surface area contributed by atoms with Crippen LogP contribution in [0, 0.1) is 13.8 Å². The Bertz CT molecular complexity index is 1280. The van der Waals surface area contributed by atoms with E-state index in [4.69, 9.17) is 0 Å². The molecule has 0 saturated carbocycles. The van der Waals surface area contributed by atoms with E-state index in [-0.39, 0.29) is 0 Å². The van der Waals surface area contributed by atoms with E-state index in [0.29, 0.717) is 0 Å². The number of rotatable bonds is 3. The Morgan fingerprint density at radius 2 is 1.00 bits per heavy atom. The molecular formula is C30H29SiZr. The molecule has 0 heterocycles. The summed E-state index contributed by atoms with van der Waals surface area (Å²) in [5.41, 5.74) is 15.5. The van der Waals surface area contributed by atoms with Gasteiger partial charge in [-0.1, -0.05) is 0 Å². The molecule has 0 bridgehead atoms. The Kier molecular flexibility index (Phi) is 5.01. The van der Waals surface area contributed by atoms with Gasteiger partial charge in [-0.2, -0.15) is 0 Å². The van der Waals surface area contributed by atoms with Gasteiger partial charge in [-0.15, -0.1) is 0 Å². The minimum absolute atomic E-state index is 0.863. The third-order valence-electron chi connectivity index (χ3n) is 7.51. The fourth-order valence-corrected chi connectivity index (χ4v) is 26.3.